The third kappa shape index (κ3) is 3.02. The first kappa shape index (κ1) is 16.1. The molecule has 2 aliphatic rings. The summed E-state index contributed by atoms with van der Waals surface area (Å²) < 4.78 is 7.12. The van der Waals surface area contributed by atoms with E-state index in [1.165, 1.54) is 6.42 Å². The van der Waals surface area contributed by atoms with Gasteiger partial charge in [-0.25, -0.2) is 4.68 Å². The molecule has 25 heavy (non-hydrogen) atoms. The van der Waals surface area contributed by atoms with E-state index in [2.05, 4.69) is 10.4 Å². The maximum absolute atomic E-state index is 13.0. The van der Waals surface area contributed by atoms with E-state index in [-0.39, 0.29) is 5.91 Å². The number of hydrogen-bond donors (Lipinski definition) is 1. The van der Waals surface area contributed by atoms with Gasteiger partial charge >= 0.3 is 0 Å². The largest absolute Gasteiger partial charge is 0.493 e. The molecule has 1 N–H and O–H groups in total. The van der Waals surface area contributed by atoms with Crippen LogP contribution >= 0.6 is 0 Å². The summed E-state index contributed by atoms with van der Waals surface area (Å²) in [4.78, 5) is 14.9. The Labute approximate surface area is 147 Å². The lowest BCUT2D eigenvalue weighted by Crippen LogP contribution is -2.44. The van der Waals surface area contributed by atoms with Crippen molar-refractivity contribution in [3.05, 3.63) is 42.2 Å². The van der Waals surface area contributed by atoms with E-state index in [0.29, 0.717) is 16.9 Å². The van der Waals surface area contributed by atoms with Crippen molar-refractivity contribution < 1.29 is 9.53 Å². The smallest absolute Gasteiger partial charge is 0.278 e. The van der Waals surface area contributed by atoms with Gasteiger partial charge in [-0.15, -0.1) is 0 Å². The van der Waals surface area contributed by atoms with Gasteiger partial charge in [-0.05, 0) is 43.4 Å². The molecule has 0 atom stereocenters. The molecule has 2 aliphatic heterocycles. The first-order chi connectivity index (χ1) is 12.2. The topological polar surface area (TPSA) is 59.4 Å². The monoisotopic (exact) mass is 340 g/mol. The lowest BCUT2D eigenvalue weighted by atomic mass is 9.78. The van der Waals surface area contributed by atoms with Crippen molar-refractivity contribution >= 4 is 5.91 Å². The molecule has 2 fully saturated rings. The van der Waals surface area contributed by atoms with Gasteiger partial charge in [0, 0.05) is 19.6 Å². The van der Waals surface area contributed by atoms with Gasteiger partial charge in [0.15, 0.2) is 11.4 Å². The molecule has 1 spiro atoms. The van der Waals surface area contributed by atoms with Gasteiger partial charge in [-0.2, -0.15) is 5.10 Å². The van der Waals surface area contributed by atoms with E-state index in [1.807, 2.05) is 35.2 Å². The number of carbonyl (C=O) groups excluding carboxylic acids is 1. The molecule has 6 heteroatoms. The van der Waals surface area contributed by atoms with Crippen LogP contribution in [-0.2, 0) is 0 Å². The second-order valence-electron chi connectivity index (χ2n) is 7.05. The minimum atomic E-state index is -0.0349. The molecule has 3 heterocycles. The fourth-order valence-electron chi connectivity index (χ4n) is 3.92. The maximum atomic E-state index is 13.0. The number of hydrogen-bond acceptors (Lipinski definition) is 4. The lowest BCUT2D eigenvalue weighted by molar-refractivity contribution is 0.0598. The molecule has 2 saturated heterocycles. The number of nitrogens with zero attached hydrogens (tertiary/aromatic N) is 3. The summed E-state index contributed by atoms with van der Waals surface area (Å²) >= 11 is 0. The first-order valence-electron chi connectivity index (χ1n) is 8.90. The highest BCUT2D eigenvalue weighted by molar-refractivity contribution is 5.95. The van der Waals surface area contributed by atoms with Gasteiger partial charge in [0.2, 0.25) is 0 Å². The fourth-order valence-corrected chi connectivity index (χ4v) is 3.92. The zero-order valence-corrected chi connectivity index (χ0v) is 14.6. The van der Waals surface area contributed by atoms with Crippen molar-refractivity contribution in [1.82, 2.24) is 20.0 Å². The first-order valence-corrected chi connectivity index (χ1v) is 8.90. The Morgan fingerprint density at radius 2 is 1.96 bits per heavy atom. The normalized spacial score (nSPS) is 19.3. The average molecular weight is 340 g/mol. The highest BCUT2D eigenvalue weighted by Crippen LogP contribution is 2.37. The summed E-state index contributed by atoms with van der Waals surface area (Å²) in [5.74, 6) is 0.490. The van der Waals surface area contributed by atoms with Crippen LogP contribution in [0, 0.1) is 5.41 Å². The molecule has 0 saturated carbocycles. The van der Waals surface area contributed by atoms with Crippen LogP contribution in [-0.4, -0.2) is 53.9 Å². The summed E-state index contributed by atoms with van der Waals surface area (Å²) in [6.07, 6.45) is 5.12. The van der Waals surface area contributed by atoms with Gasteiger partial charge in [-0.3, -0.25) is 4.79 Å². The molecule has 4 rings (SSSR count). The molecule has 1 aromatic heterocycles. The quantitative estimate of drug-likeness (QED) is 0.930. The predicted molar refractivity (Wildman–Crippen MR) is 95.2 cm³/mol. The molecule has 0 unspecified atom stereocenters. The van der Waals surface area contributed by atoms with Crippen molar-refractivity contribution in [1.29, 1.82) is 0 Å². The van der Waals surface area contributed by atoms with Crippen molar-refractivity contribution in [2.24, 2.45) is 5.41 Å². The highest BCUT2D eigenvalue weighted by atomic mass is 16.5. The van der Waals surface area contributed by atoms with E-state index >= 15 is 0 Å². The van der Waals surface area contributed by atoms with Gasteiger partial charge in [0.05, 0.1) is 19.0 Å². The van der Waals surface area contributed by atoms with Crippen LogP contribution in [0.4, 0.5) is 0 Å². The standard InChI is InChI=1S/C19H24N4O2/c1-25-16-13-23(15-5-3-2-4-6-15)21-17(16)18(24)22-11-8-19(9-12-22)7-10-20-14-19/h2-6,13,20H,7-12,14H2,1H3. The molecule has 6 nitrogen and oxygen atoms in total. The SMILES string of the molecule is COc1cn(-c2ccccc2)nc1C(=O)N1CCC2(CCNC2)CC1. The molecule has 1 amide bonds. The van der Waals surface area contributed by atoms with Gasteiger partial charge in [0.25, 0.3) is 5.91 Å². The second-order valence-corrected chi connectivity index (χ2v) is 7.05. The molecule has 0 aliphatic carbocycles. The fraction of sp³-hybridized carbons (Fsp3) is 0.474. The van der Waals surface area contributed by atoms with Crippen LogP contribution in [0.2, 0.25) is 0 Å². The van der Waals surface area contributed by atoms with Crippen LogP contribution in [0.25, 0.3) is 5.69 Å². The molecule has 0 radical (unpaired) electrons. The predicted octanol–water partition coefficient (Wildman–Crippen LogP) is 2.10. The summed E-state index contributed by atoms with van der Waals surface area (Å²) in [6.45, 7) is 3.77. The zero-order valence-electron chi connectivity index (χ0n) is 14.6. The Hall–Kier alpha value is -2.34. The number of nitrogens with one attached hydrogen (secondary N) is 1. The number of para-hydroxylation sites is 1. The minimum Gasteiger partial charge on any atom is -0.493 e. The third-order valence-corrected chi connectivity index (χ3v) is 5.57. The molecule has 0 bridgehead atoms. The highest BCUT2D eigenvalue weighted by Gasteiger charge is 2.39. The maximum Gasteiger partial charge on any atom is 0.278 e. The molecule has 2 aromatic rings. The number of carbonyl (C=O) groups is 1. The Bertz CT molecular complexity index is 740. The van der Waals surface area contributed by atoms with E-state index < -0.39 is 0 Å². The Kier molecular flexibility index (Phi) is 4.21. The van der Waals surface area contributed by atoms with Crippen molar-refractivity contribution in [3.63, 3.8) is 0 Å². The number of rotatable bonds is 3. The molecular formula is C19H24N4O2. The van der Waals surface area contributed by atoms with E-state index in [4.69, 9.17) is 4.74 Å². The number of methoxy groups -OCH3 is 1. The zero-order chi connectivity index (χ0) is 17.3. The average Bonchev–Trinajstić information content (AvgIpc) is 3.30. The van der Waals surface area contributed by atoms with Gasteiger partial charge in [0.1, 0.15) is 0 Å². The number of amides is 1. The Morgan fingerprint density at radius 1 is 1.20 bits per heavy atom. The number of piperidine rings is 1. The molecule has 1 aromatic carbocycles. The van der Waals surface area contributed by atoms with Crippen molar-refractivity contribution in [2.45, 2.75) is 19.3 Å². The minimum absolute atomic E-state index is 0.0349. The van der Waals surface area contributed by atoms with Crippen molar-refractivity contribution in [3.8, 4) is 11.4 Å². The van der Waals surface area contributed by atoms with Crippen molar-refractivity contribution in [2.75, 3.05) is 33.3 Å². The van der Waals surface area contributed by atoms with E-state index in [0.717, 1.165) is 44.7 Å². The number of ether oxygens (including phenoxy) is 1. The number of likely N-dealkylation sites (tertiary alicyclic amines) is 1. The van der Waals surface area contributed by atoms with Crippen LogP contribution in [0.5, 0.6) is 5.75 Å². The summed E-state index contributed by atoms with van der Waals surface area (Å²) in [6, 6.07) is 9.77. The number of aromatic nitrogens is 2. The van der Waals surface area contributed by atoms with Crippen LogP contribution in [0.3, 0.4) is 0 Å². The summed E-state index contributed by atoms with van der Waals surface area (Å²) in [5, 5.41) is 7.96. The second kappa shape index (κ2) is 6.52. The summed E-state index contributed by atoms with van der Waals surface area (Å²) in [7, 11) is 1.58. The van der Waals surface area contributed by atoms with Gasteiger partial charge < -0.3 is 15.0 Å². The lowest BCUT2D eigenvalue weighted by Gasteiger charge is -2.38. The van der Waals surface area contributed by atoms with Crippen LogP contribution in [0.15, 0.2) is 36.5 Å². The summed E-state index contributed by atoms with van der Waals surface area (Å²) in [5.41, 5.74) is 1.70. The molecular weight excluding hydrogens is 316 g/mol. The van der Waals surface area contributed by atoms with Crippen LogP contribution < -0.4 is 10.1 Å². The van der Waals surface area contributed by atoms with E-state index in [1.54, 1.807) is 18.0 Å². The number of benzene rings is 1. The van der Waals surface area contributed by atoms with Gasteiger partial charge in [-0.1, -0.05) is 18.2 Å². The Balaban J connectivity index is 1.53. The van der Waals surface area contributed by atoms with Crippen LogP contribution in [0.1, 0.15) is 29.8 Å². The molecule has 132 valence electrons. The third-order valence-electron chi connectivity index (χ3n) is 5.57. The van der Waals surface area contributed by atoms with E-state index in [9.17, 15) is 4.79 Å². The Morgan fingerprint density at radius 3 is 2.60 bits per heavy atom.